The van der Waals surface area contributed by atoms with Gasteiger partial charge in [0.2, 0.25) is 0 Å². The van der Waals surface area contributed by atoms with E-state index in [9.17, 15) is 20.1 Å². The van der Waals surface area contributed by atoms with Gasteiger partial charge in [-0.25, -0.2) is 0 Å². The van der Waals surface area contributed by atoms with Crippen molar-refractivity contribution < 1.29 is 34.7 Å². The maximum Gasteiger partial charge on any atom is 0.151 e. The Morgan fingerprint density at radius 3 is 1.96 bits per heavy atom. The number of aliphatic hydroxyl groups is 4. The molecule has 0 aliphatic rings. The van der Waals surface area contributed by atoms with Crippen LogP contribution in [-0.2, 0) is 11.4 Å². The van der Waals surface area contributed by atoms with E-state index in [-0.39, 0.29) is 12.9 Å². The number of carbonyl (C=O) groups excluding carboxylic acids is 1. The van der Waals surface area contributed by atoms with Gasteiger partial charge in [-0.3, -0.25) is 0 Å². The Kier molecular flexibility index (Phi) is 7.55. The molecule has 0 aliphatic carbocycles. The van der Waals surface area contributed by atoms with E-state index in [4.69, 9.17) is 14.6 Å². The third-order valence-corrected chi connectivity index (χ3v) is 3.73. The number of rotatable bonds is 10. The third-order valence-electron chi connectivity index (χ3n) is 3.73. The van der Waals surface area contributed by atoms with Crippen molar-refractivity contribution >= 4 is 6.29 Å². The Balaban J connectivity index is 1.80. The molecule has 4 atom stereocenters. The summed E-state index contributed by atoms with van der Waals surface area (Å²) in [7, 11) is 0. The molecule has 0 bridgehead atoms. The summed E-state index contributed by atoms with van der Waals surface area (Å²) in [6.07, 6.45) is -6.69. The molecule has 0 saturated heterocycles. The molecule has 26 heavy (non-hydrogen) atoms. The van der Waals surface area contributed by atoms with Gasteiger partial charge in [0.05, 0.1) is 0 Å². The number of aliphatic hydroxyl groups excluding tert-OH is 4. The molecule has 0 heterocycles. The van der Waals surface area contributed by atoms with Crippen molar-refractivity contribution in [2.45, 2.75) is 31.0 Å². The molecule has 7 heteroatoms. The van der Waals surface area contributed by atoms with E-state index in [0.29, 0.717) is 18.1 Å². The van der Waals surface area contributed by atoms with Crippen molar-refractivity contribution in [1.29, 1.82) is 0 Å². The first-order chi connectivity index (χ1) is 12.5. The maximum absolute atomic E-state index is 10.4. The van der Waals surface area contributed by atoms with Crippen molar-refractivity contribution in [3.05, 3.63) is 60.2 Å². The first kappa shape index (κ1) is 19.9. The smallest absolute Gasteiger partial charge is 0.151 e. The first-order valence-corrected chi connectivity index (χ1v) is 8.08. The second-order valence-corrected chi connectivity index (χ2v) is 5.73. The highest BCUT2D eigenvalue weighted by molar-refractivity contribution is 5.56. The van der Waals surface area contributed by atoms with Crippen LogP contribution in [0.15, 0.2) is 54.6 Å². The molecular weight excluding hydrogens is 340 g/mol. The molecule has 140 valence electrons. The Bertz CT molecular complexity index is 659. The molecule has 2 aromatic rings. The van der Waals surface area contributed by atoms with Gasteiger partial charge >= 0.3 is 0 Å². The molecule has 2 aromatic carbocycles. The van der Waals surface area contributed by atoms with Gasteiger partial charge in [0, 0.05) is 0 Å². The highest BCUT2D eigenvalue weighted by Crippen LogP contribution is 2.19. The summed E-state index contributed by atoms with van der Waals surface area (Å²) in [5, 5.41) is 38.1. The van der Waals surface area contributed by atoms with Gasteiger partial charge in [-0.15, -0.1) is 0 Å². The molecule has 0 aliphatic heterocycles. The number of benzene rings is 2. The SMILES string of the molecule is O=C[C@H](O)[C@@H](O)[C@H](O)[C@H](O)COc1ccc(OCc2ccccc2)cc1. The van der Waals surface area contributed by atoms with Crippen molar-refractivity contribution in [3.63, 3.8) is 0 Å². The topological polar surface area (TPSA) is 116 Å². The third kappa shape index (κ3) is 5.82. The van der Waals surface area contributed by atoms with Gasteiger partial charge in [-0.05, 0) is 29.8 Å². The normalized spacial score (nSPS) is 15.5. The minimum Gasteiger partial charge on any atom is -0.491 e. The molecule has 0 fully saturated rings. The second-order valence-electron chi connectivity index (χ2n) is 5.73. The molecular formula is C19H22O7. The van der Waals surface area contributed by atoms with Crippen LogP contribution in [0.3, 0.4) is 0 Å². The Morgan fingerprint density at radius 1 is 0.808 bits per heavy atom. The average Bonchev–Trinajstić information content (AvgIpc) is 2.70. The van der Waals surface area contributed by atoms with Crippen LogP contribution in [0.2, 0.25) is 0 Å². The summed E-state index contributed by atoms with van der Waals surface area (Å²) in [4.78, 5) is 10.4. The lowest BCUT2D eigenvalue weighted by Gasteiger charge is -2.24. The molecule has 0 unspecified atom stereocenters. The number of aldehydes is 1. The van der Waals surface area contributed by atoms with Crippen molar-refractivity contribution in [2.75, 3.05) is 6.61 Å². The van der Waals surface area contributed by atoms with Crippen LogP contribution in [0.4, 0.5) is 0 Å². The monoisotopic (exact) mass is 362 g/mol. The standard InChI is InChI=1S/C19H22O7/c20-10-16(21)18(23)19(24)17(22)12-26-15-8-6-14(7-9-15)25-11-13-4-2-1-3-5-13/h1-10,16-19,21-24H,11-12H2/t16-,17+,18+,19+/m0/s1. The fraction of sp³-hybridized carbons (Fsp3) is 0.316. The average molecular weight is 362 g/mol. The van der Waals surface area contributed by atoms with Gasteiger partial charge in [0.25, 0.3) is 0 Å². The molecule has 0 spiro atoms. The maximum atomic E-state index is 10.4. The summed E-state index contributed by atoms with van der Waals surface area (Å²) in [5.41, 5.74) is 1.04. The number of hydrogen-bond donors (Lipinski definition) is 4. The zero-order valence-corrected chi connectivity index (χ0v) is 14.0. The van der Waals surface area contributed by atoms with Gasteiger partial charge in [-0.1, -0.05) is 30.3 Å². The number of carbonyl (C=O) groups is 1. The molecule has 7 nitrogen and oxygen atoms in total. The molecule has 2 rings (SSSR count). The van der Waals surface area contributed by atoms with E-state index in [1.54, 1.807) is 24.3 Å². The van der Waals surface area contributed by atoms with Crippen LogP contribution in [0, 0.1) is 0 Å². The summed E-state index contributed by atoms with van der Waals surface area (Å²) in [6, 6.07) is 16.4. The van der Waals surface area contributed by atoms with Crippen LogP contribution in [-0.4, -0.2) is 57.7 Å². The predicted octanol–water partition coefficient (Wildman–Crippen LogP) is 0.287. The fourth-order valence-electron chi connectivity index (χ4n) is 2.16. The highest BCUT2D eigenvalue weighted by atomic mass is 16.5. The molecule has 0 aromatic heterocycles. The van der Waals surface area contributed by atoms with E-state index in [2.05, 4.69) is 0 Å². The van der Waals surface area contributed by atoms with Gasteiger partial charge in [0.1, 0.15) is 49.1 Å². The summed E-state index contributed by atoms with van der Waals surface area (Å²) >= 11 is 0. The van der Waals surface area contributed by atoms with Crippen LogP contribution >= 0.6 is 0 Å². The van der Waals surface area contributed by atoms with Gasteiger partial charge < -0.3 is 34.7 Å². The van der Waals surface area contributed by atoms with Crippen molar-refractivity contribution in [2.24, 2.45) is 0 Å². The quantitative estimate of drug-likeness (QED) is 0.449. The summed E-state index contributed by atoms with van der Waals surface area (Å²) in [5.74, 6) is 1.07. The van der Waals surface area contributed by atoms with Crippen LogP contribution in [0.5, 0.6) is 11.5 Å². The second kappa shape index (κ2) is 9.88. The van der Waals surface area contributed by atoms with E-state index in [1.165, 1.54) is 0 Å². The molecule has 0 amide bonds. The zero-order chi connectivity index (χ0) is 18.9. The van der Waals surface area contributed by atoms with Crippen molar-refractivity contribution in [1.82, 2.24) is 0 Å². The van der Waals surface area contributed by atoms with Gasteiger partial charge in [-0.2, -0.15) is 0 Å². The highest BCUT2D eigenvalue weighted by Gasteiger charge is 2.30. The predicted molar refractivity (Wildman–Crippen MR) is 92.8 cm³/mol. The lowest BCUT2D eigenvalue weighted by molar-refractivity contribution is -0.135. The van der Waals surface area contributed by atoms with Crippen LogP contribution in [0.1, 0.15) is 5.56 Å². The molecule has 4 N–H and O–H groups in total. The lowest BCUT2D eigenvalue weighted by Crippen LogP contribution is -2.47. The fourth-order valence-corrected chi connectivity index (χ4v) is 2.16. The zero-order valence-electron chi connectivity index (χ0n) is 14.0. The number of hydrogen-bond acceptors (Lipinski definition) is 7. The van der Waals surface area contributed by atoms with Crippen LogP contribution < -0.4 is 9.47 Å². The van der Waals surface area contributed by atoms with Crippen LogP contribution in [0.25, 0.3) is 0 Å². The molecule has 0 saturated carbocycles. The minimum absolute atomic E-state index is 0.0790. The van der Waals surface area contributed by atoms with E-state index in [0.717, 1.165) is 5.56 Å². The Morgan fingerprint density at radius 2 is 1.38 bits per heavy atom. The minimum atomic E-state index is -1.79. The van der Waals surface area contributed by atoms with E-state index in [1.807, 2.05) is 30.3 Å². The lowest BCUT2D eigenvalue weighted by atomic mass is 10.0. The van der Waals surface area contributed by atoms with Gasteiger partial charge in [0.15, 0.2) is 6.29 Å². The van der Waals surface area contributed by atoms with E-state index >= 15 is 0 Å². The summed E-state index contributed by atoms with van der Waals surface area (Å²) < 4.78 is 11.0. The first-order valence-electron chi connectivity index (χ1n) is 8.08. The Hall–Kier alpha value is -2.45. The largest absolute Gasteiger partial charge is 0.491 e. The van der Waals surface area contributed by atoms with E-state index < -0.39 is 24.4 Å². The summed E-state index contributed by atoms with van der Waals surface area (Å²) in [6.45, 7) is 0.108. The number of ether oxygens (including phenoxy) is 2. The Labute approximate surface area is 151 Å². The van der Waals surface area contributed by atoms with Crippen molar-refractivity contribution in [3.8, 4) is 11.5 Å². The molecule has 0 radical (unpaired) electrons.